The number of aromatic nitrogens is 4. The highest BCUT2D eigenvalue weighted by atomic mass is 19.1. The molecule has 6 nitrogen and oxygen atoms in total. The Morgan fingerprint density at radius 3 is 2.51 bits per heavy atom. The van der Waals surface area contributed by atoms with Crippen molar-refractivity contribution in [2.75, 3.05) is 17.2 Å². The van der Waals surface area contributed by atoms with E-state index in [2.05, 4.69) is 78.3 Å². The summed E-state index contributed by atoms with van der Waals surface area (Å²) >= 11 is 0. The Balaban J connectivity index is 1.51. The summed E-state index contributed by atoms with van der Waals surface area (Å²) in [4.78, 5) is 6.98. The Hall–Kier alpha value is -4.00. The highest BCUT2D eigenvalue weighted by Crippen LogP contribution is 2.39. The van der Waals surface area contributed by atoms with Crippen molar-refractivity contribution in [1.29, 1.82) is 0 Å². The molecule has 0 fully saturated rings. The van der Waals surface area contributed by atoms with Gasteiger partial charge in [-0.25, -0.2) is 4.39 Å². The SMILES string of the molecule is CC(C)(C)c1ccc(-c2ccc3c(c2)N(c2nc4nncn4c4cc(N)c(F)cc24)CCC3)cc1. The van der Waals surface area contributed by atoms with Crippen molar-refractivity contribution < 1.29 is 4.39 Å². The minimum absolute atomic E-state index is 0.0877. The van der Waals surface area contributed by atoms with E-state index in [0.717, 1.165) is 41.7 Å². The fraction of sp³-hybridized carbons (Fsp3) is 0.250. The minimum Gasteiger partial charge on any atom is -0.396 e. The molecular weight excluding hydrogens is 439 g/mol. The molecule has 2 aromatic heterocycles. The number of anilines is 3. The largest absolute Gasteiger partial charge is 0.396 e. The van der Waals surface area contributed by atoms with Gasteiger partial charge in [0.2, 0.25) is 0 Å². The van der Waals surface area contributed by atoms with Gasteiger partial charge in [0.15, 0.2) is 0 Å². The first-order valence-electron chi connectivity index (χ1n) is 11.9. The number of hydrogen-bond acceptors (Lipinski definition) is 5. The Bertz CT molecular complexity index is 1580. The molecule has 0 amide bonds. The average molecular weight is 467 g/mol. The van der Waals surface area contributed by atoms with E-state index in [1.165, 1.54) is 17.2 Å². The molecule has 0 saturated carbocycles. The molecule has 1 aliphatic rings. The summed E-state index contributed by atoms with van der Waals surface area (Å²) in [6.07, 6.45) is 3.54. The molecule has 0 aliphatic carbocycles. The standard InChI is InChI=1S/C28H27FN6/c1-28(2,3)20-10-8-17(9-11-20)19-7-6-18-5-4-12-34(24(18)13-19)26-21-14-22(29)23(30)15-25(21)35-16-31-33-27(35)32-26/h6-11,13-16H,4-5,12,30H2,1-3H3. The predicted octanol–water partition coefficient (Wildman–Crippen LogP) is 6.05. The number of nitrogens with zero attached hydrogens (tertiary/aromatic N) is 5. The third-order valence-corrected chi connectivity index (χ3v) is 6.89. The molecule has 0 saturated heterocycles. The van der Waals surface area contributed by atoms with E-state index in [0.29, 0.717) is 17.0 Å². The Morgan fingerprint density at radius 2 is 1.74 bits per heavy atom. The number of nitrogen functional groups attached to an aromatic ring is 1. The smallest absolute Gasteiger partial charge is 0.257 e. The number of benzene rings is 3. The lowest BCUT2D eigenvalue weighted by Gasteiger charge is -2.32. The van der Waals surface area contributed by atoms with Crippen molar-refractivity contribution in [2.24, 2.45) is 0 Å². The van der Waals surface area contributed by atoms with Crippen LogP contribution in [-0.2, 0) is 11.8 Å². The van der Waals surface area contributed by atoms with Gasteiger partial charge in [-0.3, -0.25) is 4.40 Å². The van der Waals surface area contributed by atoms with Gasteiger partial charge >= 0.3 is 0 Å². The summed E-state index contributed by atoms with van der Waals surface area (Å²) in [6, 6.07) is 18.5. The third-order valence-electron chi connectivity index (χ3n) is 6.89. The quantitative estimate of drug-likeness (QED) is 0.321. The van der Waals surface area contributed by atoms with Crippen LogP contribution in [0.25, 0.3) is 27.8 Å². The zero-order valence-corrected chi connectivity index (χ0v) is 20.1. The van der Waals surface area contributed by atoms with Gasteiger partial charge in [-0.15, -0.1) is 10.2 Å². The fourth-order valence-electron chi connectivity index (χ4n) is 4.93. The first-order chi connectivity index (χ1) is 16.8. The van der Waals surface area contributed by atoms with Crippen molar-refractivity contribution in [2.45, 2.75) is 39.0 Å². The number of halogens is 1. The van der Waals surface area contributed by atoms with Crippen LogP contribution in [0.3, 0.4) is 0 Å². The maximum absolute atomic E-state index is 14.6. The Kier molecular flexibility index (Phi) is 4.78. The van der Waals surface area contributed by atoms with E-state index in [4.69, 9.17) is 10.7 Å². The highest BCUT2D eigenvalue weighted by Gasteiger charge is 2.24. The Morgan fingerprint density at radius 1 is 0.971 bits per heavy atom. The summed E-state index contributed by atoms with van der Waals surface area (Å²) in [5, 5.41) is 8.85. The van der Waals surface area contributed by atoms with Gasteiger partial charge in [0, 0.05) is 17.6 Å². The molecule has 0 atom stereocenters. The summed E-state index contributed by atoms with van der Waals surface area (Å²) in [5.41, 5.74) is 12.8. The molecule has 176 valence electrons. The van der Waals surface area contributed by atoms with E-state index < -0.39 is 5.82 Å². The number of rotatable bonds is 2. The van der Waals surface area contributed by atoms with Crippen LogP contribution < -0.4 is 10.6 Å². The summed E-state index contributed by atoms with van der Waals surface area (Å²) < 4.78 is 16.4. The molecule has 3 heterocycles. The lowest BCUT2D eigenvalue weighted by molar-refractivity contribution is 0.590. The lowest BCUT2D eigenvalue weighted by Crippen LogP contribution is -2.26. The molecule has 1 aliphatic heterocycles. The molecule has 3 aromatic carbocycles. The van der Waals surface area contributed by atoms with Gasteiger partial charge < -0.3 is 10.6 Å². The number of fused-ring (bicyclic) bond motifs is 4. The first kappa shape index (κ1) is 21.5. The molecule has 5 aromatic rings. The third kappa shape index (κ3) is 3.58. The van der Waals surface area contributed by atoms with E-state index in [1.807, 2.05) is 0 Å². The van der Waals surface area contributed by atoms with Gasteiger partial charge in [-0.05, 0) is 58.7 Å². The average Bonchev–Trinajstić information content (AvgIpc) is 3.32. The van der Waals surface area contributed by atoms with Crippen LogP contribution in [0.4, 0.5) is 21.6 Å². The van der Waals surface area contributed by atoms with Crippen molar-refractivity contribution in [3.63, 3.8) is 0 Å². The topological polar surface area (TPSA) is 72.3 Å². The van der Waals surface area contributed by atoms with Crippen LogP contribution in [0.2, 0.25) is 0 Å². The fourth-order valence-corrected chi connectivity index (χ4v) is 4.93. The zero-order valence-electron chi connectivity index (χ0n) is 20.1. The highest BCUT2D eigenvalue weighted by molar-refractivity contribution is 5.96. The van der Waals surface area contributed by atoms with E-state index in [9.17, 15) is 4.39 Å². The summed E-state index contributed by atoms with van der Waals surface area (Å²) in [7, 11) is 0. The molecule has 7 heteroatoms. The first-order valence-corrected chi connectivity index (χ1v) is 11.9. The molecule has 6 rings (SSSR count). The van der Waals surface area contributed by atoms with Crippen molar-refractivity contribution in [3.05, 3.63) is 77.9 Å². The predicted molar refractivity (Wildman–Crippen MR) is 139 cm³/mol. The zero-order chi connectivity index (χ0) is 24.3. The molecule has 0 spiro atoms. The molecule has 0 bridgehead atoms. The number of aryl methyl sites for hydroxylation is 1. The summed E-state index contributed by atoms with van der Waals surface area (Å²) in [6.45, 7) is 7.44. The van der Waals surface area contributed by atoms with Crippen LogP contribution in [0.5, 0.6) is 0 Å². The second-order valence-corrected chi connectivity index (χ2v) is 10.3. The van der Waals surface area contributed by atoms with Crippen molar-refractivity contribution in [3.8, 4) is 11.1 Å². The van der Waals surface area contributed by atoms with Gasteiger partial charge in [-0.1, -0.05) is 57.2 Å². The van der Waals surface area contributed by atoms with E-state index >= 15 is 0 Å². The molecule has 35 heavy (non-hydrogen) atoms. The van der Waals surface area contributed by atoms with Gasteiger partial charge in [0.05, 0.1) is 11.2 Å². The van der Waals surface area contributed by atoms with Crippen LogP contribution in [-0.4, -0.2) is 26.1 Å². The van der Waals surface area contributed by atoms with Crippen LogP contribution in [0, 0.1) is 5.82 Å². The van der Waals surface area contributed by atoms with Crippen molar-refractivity contribution >= 4 is 33.9 Å². The van der Waals surface area contributed by atoms with Gasteiger partial charge in [0.25, 0.3) is 5.78 Å². The van der Waals surface area contributed by atoms with Crippen molar-refractivity contribution in [1.82, 2.24) is 19.6 Å². The second-order valence-electron chi connectivity index (χ2n) is 10.3. The maximum atomic E-state index is 14.6. The van der Waals surface area contributed by atoms with Crippen LogP contribution in [0.15, 0.2) is 60.9 Å². The Labute approximate surface area is 203 Å². The minimum atomic E-state index is -0.460. The van der Waals surface area contributed by atoms with E-state index in [1.54, 1.807) is 16.8 Å². The molecular formula is C28H27FN6. The lowest BCUT2D eigenvalue weighted by atomic mass is 9.86. The van der Waals surface area contributed by atoms with Gasteiger partial charge in [0.1, 0.15) is 18.0 Å². The van der Waals surface area contributed by atoms with Gasteiger partial charge in [-0.2, -0.15) is 4.98 Å². The number of hydrogen-bond donors (Lipinski definition) is 1. The maximum Gasteiger partial charge on any atom is 0.257 e. The molecule has 2 N–H and O–H groups in total. The van der Waals surface area contributed by atoms with Crippen LogP contribution in [0.1, 0.15) is 38.3 Å². The monoisotopic (exact) mass is 466 g/mol. The summed E-state index contributed by atoms with van der Waals surface area (Å²) in [5.74, 6) is 0.665. The molecule has 0 unspecified atom stereocenters. The number of nitrogens with two attached hydrogens (primary N) is 1. The van der Waals surface area contributed by atoms with Crippen LogP contribution >= 0.6 is 0 Å². The van der Waals surface area contributed by atoms with E-state index in [-0.39, 0.29) is 11.1 Å². The second kappa shape index (κ2) is 7.77. The molecule has 0 radical (unpaired) electrons. The normalized spacial score (nSPS) is 14.0.